The number of rotatable bonds is 6. The SMILES string of the molecule is CC(C)c1cc(NC(=O)c2cccs2)ccc1NC(=O)NCc1ccccc1Cl. The smallest absolute Gasteiger partial charge is 0.319 e. The Bertz CT molecular complexity index is 1000. The third-order valence-corrected chi connectivity index (χ3v) is 5.56. The second-order valence-electron chi connectivity index (χ2n) is 6.79. The summed E-state index contributed by atoms with van der Waals surface area (Å²) in [6, 6.07) is 16.2. The maximum atomic E-state index is 12.4. The lowest BCUT2D eigenvalue weighted by Gasteiger charge is -2.16. The van der Waals surface area contributed by atoms with Crippen LogP contribution in [0.4, 0.5) is 16.2 Å². The van der Waals surface area contributed by atoms with Gasteiger partial charge in [-0.05, 0) is 52.8 Å². The summed E-state index contributed by atoms with van der Waals surface area (Å²) in [5, 5.41) is 11.1. The number of amides is 3. The van der Waals surface area contributed by atoms with Gasteiger partial charge >= 0.3 is 6.03 Å². The summed E-state index contributed by atoms with van der Waals surface area (Å²) in [5.41, 5.74) is 3.17. The second-order valence-corrected chi connectivity index (χ2v) is 8.14. The molecule has 0 aliphatic carbocycles. The van der Waals surface area contributed by atoms with E-state index in [4.69, 9.17) is 11.6 Å². The third-order valence-electron chi connectivity index (χ3n) is 4.32. The van der Waals surface area contributed by atoms with Crippen molar-refractivity contribution in [1.29, 1.82) is 0 Å². The monoisotopic (exact) mass is 427 g/mol. The van der Waals surface area contributed by atoms with E-state index in [1.807, 2.05) is 49.6 Å². The molecule has 3 aromatic rings. The minimum atomic E-state index is -0.317. The lowest BCUT2D eigenvalue weighted by Crippen LogP contribution is -2.28. The molecule has 0 saturated carbocycles. The van der Waals surface area contributed by atoms with Gasteiger partial charge in [-0.15, -0.1) is 11.3 Å². The highest BCUT2D eigenvalue weighted by Gasteiger charge is 2.13. The maximum absolute atomic E-state index is 12.4. The van der Waals surface area contributed by atoms with E-state index in [-0.39, 0.29) is 17.9 Å². The molecule has 29 heavy (non-hydrogen) atoms. The fourth-order valence-corrected chi connectivity index (χ4v) is 3.64. The van der Waals surface area contributed by atoms with E-state index in [1.165, 1.54) is 11.3 Å². The molecule has 0 aliphatic rings. The van der Waals surface area contributed by atoms with E-state index < -0.39 is 0 Å². The van der Waals surface area contributed by atoms with Crippen LogP contribution in [0.5, 0.6) is 0 Å². The molecule has 0 radical (unpaired) electrons. The Morgan fingerprint density at radius 3 is 2.52 bits per heavy atom. The molecular weight excluding hydrogens is 406 g/mol. The van der Waals surface area contributed by atoms with Crippen LogP contribution in [0.3, 0.4) is 0 Å². The van der Waals surface area contributed by atoms with E-state index in [0.29, 0.717) is 27.8 Å². The number of halogens is 1. The number of thiophene rings is 1. The molecule has 3 rings (SSSR count). The number of nitrogens with one attached hydrogen (secondary N) is 3. The predicted octanol–water partition coefficient (Wildman–Crippen LogP) is 6.10. The number of urea groups is 1. The molecule has 2 aromatic carbocycles. The summed E-state index contributed by atoms with van der Waals surface area (Å²) in [6.45, 7) is 4.40. The summed E-state index contributed by atoms with van der Waals surface area (Å²) in [5.74, 6) is 0.0142. The van der Waals surface area contributed by atoms with Crippen molar-refractivity contribution in [2.75, 3.05) is 10.6 Å². The maximum Gasteiger partial charge on any atom is 0.319 e. The standard InChI is InChI=1S/C22H22ClN3O2S/c1-14(2)17-12-16(25-21(27)20-8-5-11-29-20)9-10-19(17)26-22(28)24-13-15-6-3-4-7-18(15)23/h3-12,14H,13H2,1-2H3,(H,25,27)(H2,24,26,28). The van der Waals surface area contributed by atoms with Gasteiger partial charge in [0.05, 0.1) is 4.88 Å². The molecule has 5 nitrogen and oxygen atoms in total. The first-order chi connectivity index (χ1) is 13.9. The van der Waals surface area contributed by atoms with E-state index in [2.05, 4.69) is 16.0 Å². The zero-order valence-corrected chi connectivity index (χ0v) is 17.7. The molecule has 0 spiro atoms. The van der Waals surface area contributed by atoms with Gasteiger partial charge in [0.25, 0.3) is 5.91 Å². The second kappa shape index (κ2) is 9.58. The van der Waals surface area contributed by atoms with Gasteiger partial charge < -0.3 is 16.0 Å². The zero-order valence-electron chi connectivity index (χ0n) is 16.2. The van der Waals surface area contributed by atoms with Crippen LogP contribution in [0.15, 0.2) is 60.0 Å². The highest BCUT2D eigenvalue weighted by molar-refractivity contribution is 7.12. The fraction of sp³-hybridized carbons (Fsp3) is 0.182. The summed E-state index contributed by atoms with van der Waals surface area (Å²) in [7, 11) is 0. The first kappa shape index (κ1) is 20.9. The van der Waals surface area contributed by atoms with Crippen LogP contribution in [0.1, 0.15) is 40.6 Å². The number of benzene rings is 2. The molecule has 0 saturated heterocycles. The third kappa shape index (κ3) is 5.59. The molecule has 1 heterocycles. The van der Waals surface area contributed by atoms with Crippen molar-refractivity contribution in [1.82, 2.24) is 5.32 Å². The Balaban J connectivity index is 1.67. The molecule has 0 bridgehead atoms. The van der Waals surface area contributed by atoms with E-state index in [1.54, 1.807) is 24.3 Å². The number of carbonyl (C=O) groups is 2. The topological polar surface area (TPSA) is 70.2 Å². The fourth-order valence-electron chi connectivity index (χ4n) is 2.82. The lowest BCUT2D eigenvalue weighted by molar-refractivity contribution is 0.103. The Labute approximate surface area is 179 Å². The molecule has 0 atom stereocenters. The molecule has 0 aliphatic heterocycles. The molecular formula is C22H22ClN3O2S. The van der Waals surface area contributed by atoms with Crippen molar-refractivity contribution in [3.63, 3.8) is 0 Å². The number of carbonyl (C=O) groups excluding carboxylic acids is 2. The highest BCUT2D eigenvalue weighted by atomic mass is 35.5. The van der Waals surface area contributed by atoms with Crippen LogP contribution in [0.2, 0.25) is 5.02 Å². The van der Waals surface area contributed by atoms with Crippen molar-refractivity contribution in [2.45, 2.75) is 26.3 Å². The highest BCUT2D eigenvalue weighted by Crippen LogP contribution is 2.28. The van der Waals surface area contributed by atoms with Crippen molar-refractivity contribution < 1.29 is 9.59 Å². The van der Waals surface area contributed by atoms with Crippen molar-refractivity contribution >= 4 is 46.3 Å². The first-order valence-electron chi connectivity index (χ1n) is 9.21. The molecule has 150 valence electrons. The van der Waals surface area contributed by atoms with Crippen LogP contribution < -0.4 is 16.0 Å². The van der Waals surface area contributed by atoms with Gasteiger partial charge in [-0.25, -0.2) is 4.79 Å². The van der Waals surface area contributed by atoms with Crippen molar-refractivity contribution in [3.8, 4) is 0 Å². The lowest BCUT2D eigenvalue weighted by atomic mass is 10.00. The Kier molecular flexibility index (Phi) is 6.90. The number of anilines is 2. The van der Waals surface area contributed by atoms with Gasteiger partial charge in [0.2, 0.25) is 0 Å². The van der Waals surface area contributed by atoms with Crippen molar-refractivity contribution in [2.24, 2.45) is 0 Å². The van der Waals surface area contributed by atoms with Gasteiger partial charge in [-0.1, -0.05) is 49.7 Å². The summed E-state index contributed by atoms with van der Waals surface area (Å²) >= 11 is 7.52. The van der Waals surface area contributed by atoms with Gasteiger partial charge in [0, 0.05) is 22.9 Å². The van der Waals surface area contributed by atoms with Crippen LogP contribution in [-0.2, 0) is 6.54 Å². The zero-order chi connectivity index (χ0) is 20.8. The summed E-state index contributed by atoms with van der Waals surface area (Å²) < 4.78 is 0. The average Bonchev–Trinajstić information content (AvgIpc) is 3.23. The van der Waals surface area contributed by atoms with Gasteiger partial charge in [0.1, 0.15) is 0 Å². The Hall–Kier alpha value is -2.83. The predicted molar refractivity (Wildman–Crippen MR) is 120 cm³/mol. The van der Waals surface area contributed by atoms with E-state index in [0.717, 1.165) is 11.1 Å². The van der Waals surface area contributed by atoms with Crippen LogP contribution >= 0.6 is 22.9 Å². The summed E-state index contributed by atoms with van der Waals surface area (Å²) in [4.78, 5) is 25.3. The summed E-state index contributed by atoms with van der Waals surface area (Å²) in [6.07, 6.45) is 0. The van der Waals surface area contributed by atoms with Gasteiger partial charge in [-0.2, -0.15) is 0 Å². The van der Waals surface area contributed by atoms with Crippen LogP contribution in [0.25, 0.3) is 0 Å². The average molecular weight is 428 g/mol. The Morgan fingerprint density at radius 2 is 1.83 bits per heavy atom. The molecule has 0 unspecified atom stereocenters. The minimum absolute atomic E-state index is 0.145. The van der Waals surface area contributed by atoms with Gasteiger partial charge in [0.15, 0.2) is 0 Å². The van der Waals surface area contributed by atoms with Gasteiger partial charge in [-0.3, -0.25) is 4.79 Å². The molecule has 3 amide bonds. The van der Waals surface area contributed by atoms with Crippen LogP contribution in [-0.4, -0.2) is 11.9 Å². The van der Waals surface area contributed by atoms with Crippen LogP contribution in [0, 0.1) is 0 Å². The Morgan fingerprint density at radius 1 is 1.03 bits per heavy atom. The molecule has 0 fully saturated rings. The molecule has 1 aromatic heterocycles. The normalized spacial score (nSPS) is 10.6. The quantitative estimate of drug-likeness (QED) is 0.444. The first-order valence-corrected chi connectivity index (χ1v) is 10.5. The number of hydrogen-bond donors (Lipinski definition) is 3. The van der Waals surface area contributed by atoms with E-state index in [9.17, 15) is 9.59 Å². The van der Waals surface area contributed by atoms with Crippen molar-refractivity contribution in [3.05, 3.63) is 81.0 Å². The minimum Gasteiger partial charge on any atom is -0.334 e. The number of hydrogen-bond acceptors (Lipinski definition) is 3. The van der Waals surface area contributed by atoms with E-state index >= 15 is 0 Å². The largest absolute Gasteiger partial charge is 0.334 e. The molecule has 7 heteroatoms. The molecule has 3 N–H and O–H groups in total.